The van der Waals surface area contributed by atoms with Crippen molar-refractivity contribution in [2.75, 3.05) is 31.5 Å². The van der Waals surface area contributed by atoms with E-state index < -0.39 is 0 Å². The minimum absolute atomic E-state index is 0.0396. The van der Waals surface area contributed by atoms with Crippen LogP contribution in [0.4, 0.5) is 5.69 Å². The fourth-order valence-corrected chi connectivity index (χ4v) is 3.18. The molecule has 3 rings (SSSR count). The molecule has 4 heteroatoms. The highest BCUT2D eigenvalue weighted by atomic mass is 16.1. The number of likely N-dealkylation sites (tertiary alicyclic amines) is 1. The molecule has 2 aromatic rings. The first-order chi connectivity index (χ1) is 10.2. The van der Waals surface area contributed by atoms with Gasteiger partial charge in [0.25, 0.3) is 5.56 Å². The van der Waals surface area contributed by atoms with Crippen molar-refractivity contribution in [3.63, 3.8) is 0 Å². The summed E-state index contributed by atoms with van der Waals surface area (Å²) in [4.78, 5) is 14.5. The van der Waals surface area contributed by atoms with Crippen molar-refractivity contribution in [1.29, 1.82) is 0 Å². The Morgan fingerprint density at radius 1 is 1.33 bits per heavy atom. The molecule has 1 aliphatic heterocycles. The van der Waals surface area contributed by atoms with Crippen LogP contribution < -0.4 is 10.9 Å². The molecule has 1 fully saturated rings. The highest BCUT2D eigenvalue weighted by Crippen LogP contribution is 2.22. The van der Waals surface area contributed by atoms with E-state index in [2.05, 4.69) is 23.2 Å². The molecule has 0 spiro atoms. The molecular formula is C17H23N3O. The Bertz CT molecular complexity index is 692. The number of nitrogens with one attached hydrogen (secondary N) is 1. The van der Waals surface area contributed by atoms with Crippen molar-refractivity contribution in [1.82, 2.24) is 9.47 Å². The number of rotatable bonds is 4. The summed E-state index contributed by atoms with van der Waals surface area (Å²) in [5.41, 5.74) is 1.98. The molecule has 2 heterocycles. The Kier molecular flexibility index (Phi) is 3.97. The first kappa shape index (κ1) is 14.1. The number of para-hydroxylation sites is 1. The first-order valence-electron chi connectivity index (χ1n) is 7.74. The lowest BCUT2D eigenvalue weighted by Crippen LogP contribution is -2.23. The molecular weight excluding hydrogens is 262 g/mol. The van der Waals surface area contributed by atoms with Crippen LogP contribution in [0.5, 0.6) is 0 Å². The van der Waals surface area contributed by atoms with Crippen molar-refractivity contribution < 1.29 is 0 Å². The summed E-state index contributed by atoms with van der Waals surface area (Å²) in [5.74, 6) is 0.674. The molecule has 0 bridgehead atoms. The highest BCUT2D eigenvalue weighted by molar-refractivity contribution is 5.91. The zero-order valence-corrected chi connectivity index (χ0v) is 12.8. The van der Waals surface area contributed by atoms with Gasteiger partial charge in [0.05, 0.1) is 5.52 Å². The number of nitrogens with zero attached hydrogens (tertiary/aromatic N) is 2. The van der Waals surface area contributed by atoms with Gasteiger partial charge in [0, 0.05) is 37.3 Å². The van der Waals surface area contributed by atoms with Crippen molar-refractivity contribution in [2.45, 2.75) is 13.3 Å². The van der Waals surface area contributed by atoms with Crippen LogP contribution >= 0.6 is 0 Å². The van der Waals surface area contributed by atoms with Crippen LogP contribution in [-0.2, 0) is 7.05 Å². The minimum Gasteiger partial charge on any atom is -0.384 e. The highest BCUT2D eigenvalue weighted by Gasteiger charge is 2.21. The zero-order chi connectivity index (χ0) is 14.8. The largest absolute Gasteiger partial charge is 0.384 e. The fourth-order valence-electron chi connectivity index (χ4n) is 3.18. The van der Waals surface area contributed by atoms with Crippen molar-refractivity contribution >= 4 is 16.6 Å². The molecule has 21 heavy (non-hydrogen) atoms. The van der Waals surface area contributed by atoms with E-state index in [-0.39, 0.29) is 5.56 Å². The van der Waals surface area contributed by atoms with Gasteiger partial charge in [0.15, 0.2) is 0 Å². The van der Waals surface area contributed by atoms with E-state index >= 15 is 0 Å². The van der Waals surface area contributed by atoms with Crippen LogP contribution in [0.1, 0.15) is 13.3 Å². The molecule has 1 aromatic heterocycles. The lowest BCUT2D eigenvalue weighted by Gasteiger charge is -2.16. The maximum atomic E-state index is 12.1. The lowest BCUT2D eigenvalue weighted by molar-refractivity contribution is 0.345. The second-order valence-electron chi connectivity index (χ2n) is 5.90. The van der Waals surface area contributed by atoms with E-state index in [1.807, 2.05) is 25.2 Å². The maximum Gasteiger partial charge on any atom is 0.252 e. The van der Waals surface area contributed by atoms with Gasteiger partial charge in [-0.2, -0.15) is 0 Å². The summed E-state index contributed by atoms with van der Waals surface area (Å²) >= 11 is 0. The monoisotopic (exact) mass is 285 g/mol. The molecule has 112 valence electrons. The molecule has 1 atom stereocenters. The van der Waals surface area contributed by atoms with Crippen LogP contribution in [-0.4, -0.2) is 35.6 Å². The lowest BCUT2D eigenvalue weighted by atomic mass is 10.1. The molecule has 1 saturated heterocycles. The summed E-state index contributed by atoms with van der Waals surface area (Å²) in [5, 5.41) is 4.62. The number of aromatic nitrogens is 1. The van der Waals surface area contributed by atoms with Crippen molar-refractivity contribution in [3.05, 3.63) is 40.7 Å². The van der Waals surface area contributed by atoms with E-state index in [1.165, 1.54) is 13.0 Å². The third-order valence-electron chi connectivity index (χ3n) is 4.55. The van der Waals surface area contributed by atoms with Crippen molar-refractivity contribution in [3.8, 4) is 0 Å². The predicted octanol–water partition coefficient (Wildman–Crippen LogP) is 2.29. The van der Waals surface area contributed by atoms with Gasteiger partial charge in [0.2, 0.25) is 0 Å². The summed E-state index contributed by atoms with van der Waals surface area (Å²) in [6.45, 7) is 6.63. The van der Waals surface area contributed by atoms with Gasteiger partial charge in [-0.1, -0.05) is 25.1 Å². The molecule has 0 amide bonds. The Hall–Kier alpha value is -1.81. The smallest absolute Gasteiger partial charge is 0.252 e. The Morgan fingerprint density at radius 3 is 2.90 bits per heavy atom. The van der Waals surface area contributed by atoms with E-state index in [1.54, 1.807) is 10.6 Å². The number of pyridine rings is 1. The quantitative estimate of drug-likeness (QED) is 0.936. The van der Waals surface area contributed by atoms with Crippen LogP contribution in [0.25, 0.3) is 10.9 Å². The number of hydrogen-bond acceptors (Lipinski definition) is 3. The van der Waals surface area contributed by atoms with E-state index in [0.717, 1.165) is 36.2 Å². The molecule has 4 nitrogen and oxygen atoms in total. The van der Waals surface area contributed by atoms with Gasteiger partial charge in [0.1, 0.15) is 0 Å². The third-order valence-corrected chi connectivity index (χ3v) is 4.55. The number of anilines is 1. The summed E-state index contributed by atoms with van der Waals surface area (Å²) in [6, 6.07) is 9.78. The van der Waals surface area contributed by atoms with Gasteiger partial charge < -0.3 is 14.8 Å². The topological polar surface area (TPSA) is 37.3 Å². The van der Waals surface area contributed by atoms with Gasteiger partial charge in [-0.3, -0.25) is 4.79 Å². The Balaban J connectivity index is 1.81. The van der Waals surface area contributed by atoms with Gasteiger partial charge >= 0.3 is 0 Å². The van der Waals surface area contributed by atoms with Crippen molar-refractivity contribution in [2.24, 2.45) is 13.0 Å². The van der Waals surface area contributed by atoms with E-state index in [9.17, 15) is 4.79 Å². The van der Waals surface area contributed by atoms with Gasteiger partial charge in [-0.25, -0.2) is 0 Å². The minimum atomic E-state index is 0.0396. The Labute approximate surface area is 125 Å². The molecule has 1 N–H and O–H groups in total. The van der Waals surface area contributed by atoms with Gasteiger partial charge in [-0.15, -0.1) is 0 Å². The summed E-state index contributed by atoms with van der Waals surface area (Å²) < 4.78 is 1.70. The fraction of sp³-hybridized carbons (Fsp3) is 0.471. The number of hydrogen-bond donors (Lipinski definition) is 1. The second-order valence-corrected chi connectivity index (χ2v) is 5.90. The van der Waals surface area contributed by atoms with Crippen LogP contribution in [0.3, 0.4) is 0 Å². The van der Waals surface area contributed by atoms with Crippen LogP contribution in [0.2, 0.25) is 0 Å². The third kappa shape index (κ3) is 2.81. The zero-order valence-electron chi connectivity index (χ0n) is 12.8. The molecule has 1 aliphatic rings. The van der Waals surface area contributed by atoms with E-state index in [4.69, 9.17) is 0 Å². The van der Waals surface area contributed by atoms with Crippen LogP contribution in [0.15, 0.2) is 35.1 Å². The predicted molar refractivity (Wildman–Crippen MR) is 87.9 cm³/mol. The molecule has 0 aliphatic carbocycles. The summed E-state index contributed by atoms with van der Waals surface area (Å²) in [7, 11) is 1.82. The number of benzene rings is 1. The normalized spacial score (nSPS) is 19.2. The average molecular weight is 285 g/mol. The average Bonchev–Trinajstić information content (AvgIpc) is 2.97. The first-order valence-corrected chi connectivity index (χ1v) is 7.74. The number of fused-ring (bicyclic) bond motifs is 1. The molecule has 1 unspecified atom stereocenters. The van der Waals surface area contributed by atoms with Gasteiger partial charge in [-0.05, 0) is 31.5 Å². The number of aryl methyl sites for hydroxylation is 1. The Morgan fingerprint density at radius 2 is 2.14 bits per heavy atom. The standard InChI is InChI=1S/C17H23N3O/c1-3-20-9-8-13(12-20)11-18-15-10-17(21)19(2)16-7-5-4-6-14(15)16/h4-7,10,13,18H,3,8-9,11-12H2,1-2H3. The second kappa shape index (κ2) is 5.90. The molecule has 0 saturated carbocycles. The molecule has 0 radical (unpaired) electrons. The maximum absolute atomic E-state index is 12.1. The molecule has 1 aromatic carbocycles. The van der Waals surface area contributed by atoms with E-state index in [0.29, 0.717) is 5.92 Å². The SMILES string of the molecule is CCN1CCC(CNc2cc(=O)n(C)c3ccccc23)C1. The summed E-state index contributed by atoms with van der Waals surface area (Å²) in [6.07, 6.45) is 1.24. The van der Waals surface area contributed by atoms with Crippen LogP contribution in [0, 0.1) is 5.92 Å².